The van der Waals surface area contributed by atoms with Crippen molar-refractivity contribution in [1.29, 1.82) is 0 Å². The van der Waals surface area contributed by atoms with Crippen LogP contribution in [0.5, 0.6) is 0 Å². The van der Waals surface area contributed by atoms with Gasteiger partial charge >= 0.3 is 0 Å². The van der Waals surface area contributed by atoms with E-state index in [2.05, 4.69) is 51.2 Å². The van der Waals surface area contributed by atoms with Gasteiger partial charge in [0.25, 0.3) is 0 Å². The van der Waals surface area contributed by atoms with Gasteiger partial charge in [0, 0.05) is 30.4 Å². The fraction of sp³-hybridized carbons (Fsp3) is 0.769. The third-order valence-corrected chi connectivity index (χ3v) is 2.86. The van der Waals surface area contributed by atoms with Gasteiger partial charge in [0.05, 0.1) is 6.20 Å². The summed E-state index contributed by atoms with van der Waals surface area (Å²) in [6.45, 7) is 11.2. The molecular formula is C13H25N3. The molecular weight excluding hydrogens is 198 g/mol. The first-order chi connectivity index (χ1) is 7.31. The van der Waals surface area contributed by atoms with E-state index in [1.165, 1.54) is 12.0 Å². The van der Waals surface area contributed by atoms with Crippen LogP contribution in [-0.2, 0) is 12.6 Å². The summed E-state index contributed by atoms with van der Waals surface area (Å²) in [5.41, 5.74) is 1.23. The van der Waals surface area contributed by atoms with E-state index in [4.69, 9.17) is 0 Å². The molecule has 1 N–H and O–H groups in total. The summed E-state index contributed by atoms with van der Waals surface area (Å²) in [4.78, 5) is 0. The van der Waals surface area contributed by atoms with E-state index in [1.54, 1.807) is 0 Å². The minimum Gasteiger partial charge on any atom is -0.305 e. The van der Waals surface area contributed by atoms with Crippen LogP contribution in [0, 0.1) is 5.92 Å². The molecule has 0 radical (unpaired) electrons. The Morgan fingerprint density at radius 1 is 1.38 bits per heavy atom. The van der Waals surface area contributed by atoms with Crippen molar-refractivity contribution in [2.24, 2.45) is 13.0 Å². The van der Waals surface area contributed by atoms with E-state index in [1.807, 2.05) is 17.9 Å². The molecule has 1 aromatic rings. The van der Waals surface area contributed by atoms with E-state index in [9.17, 15) is 0 Å². The zero-order valence-electron chi connectivity index (χ0n) is 11.4. The van der Waals surface area contributed by atoms with E-state index >= 15 is 0 Å². The SMILES string of the molecule is CC(C)CC(C)NC(C)(C)c1cnn(C)c1. The summed E-state index contributed by atoms with van der Waals surface area (Å²) in [7, 11) is 1.96. The number of aromatic nitrogens is 2. The Kier molecular flexibility index (Phi) is 4.14. The van der Waals surface area contributed by atoms with Gasteiger partial charge in [-0.3, -0.25) is 4.68 Å². The molecule has 16 heavy (non-hydrogen) atoms. The van der Waals surface area contributed by atoms with Gasteiger partial charge in [-0.15, -0.1) is 0 Å². The summed E-state index contributed by atoms with van der Waals surface area (Å²) in [6.07, 6.45) is 5.22. The van der Waals surface area contributed by atoms with Gasteiger partial charge in [-0.05, 0) is 33.1 Å². The second kappa shape index (κ2) is 5.00. The van der Waals surface area contributed by atoms with E-state index in [-0.39, 0.29) is 5.54 Å². The first kappa shape index (κ1) is 13.2. The second-order valence-electron chi connectivity index (χ2n) is 5.70. The Morgan fingerprint density at radius 2 is 2.00 bits per heavy atom. The lowest BCUT2D eigenvalue weighted by molar-refractivity contribution is 0.321. The lowest BCUT2D eigenvalue weighted by atomic mass is 9.94. The molecule has 0 saturated carbocycles. The average molecular weight is 223 g/mol. The van der Waals surface area contributed by atoms with Gasteiger partial charge in [0.1, 0.15) is 0 Å². The lowest BCUT2D eigenvalue weighted by Gasteiger charge is -2.30. The molecule has 0 aromatic carbocycles. The molecule has 0 spiro atoms. The fourth-order valence-electron chi connectivity index (χ4n) is 2.21. The predicted molar refractivity (Wildman–Crippen MR) is 68.3 cm³/mol. The number of nitrogens with one attached hydrogen (secondary N) is 1. The molecule has 0 aliphatic rings. The Bertz CT molecular complexity index is 326. The highest BCUT2D eigenvalue weighted by Crippen LogP contribution is 2.21. The number of nitrogens with zero attached hydrogens (tertiary/aromatic N) is 2. The summed E-state index contributed by atoms with van der Waals surface area (Å²) in [5, 5.41) is 7.89. The van der Waals surface area contributed by atoms with Crippen molar-refractivity contribution in [1.82, 2.24) is 15.1 Å². The molecule has 1 aromatic heterocycles. The minimum atomic E-state index is -0.0113. The van der Waals surface area contributed by atoms with Gasteiger partial charge in [-0.1, -0.05) is 13.8 Å². The van der Waals surface area contributed by atoms with Crippen LogP contribution in [0.15, 0.2) is 12.4 Å². The first-order valence-electron chi connectivity index (χ1n) is 6.08. The van der Waals surface area contributed by atoms with Crippen molar-refractivity contribution >= 4 is 0 Å². The van der Waals surface area contributed by atoms with Gasteiger partial charge in [0.2, 0.25) is 0 Å². The molecule has 0 fully saturated rings. The van der Waals surface area contributed by atoms with Crippen LogP contribution in [0.1, 0.15) is 46.6 Å². The highest BCUT2D eigenvalue weighted by molar-refractivity contribution is 5.15. The molecule has 0 bridgehead atoms. The standard InChI is InChI=1S/C13H25N3/c1-10(2)7-11(3)15-13(4,5)12-8-14-16(6)9-12/h8-11,15H,7H2,1-6H3. The van der Waals surface area contributed by atoms with Crippen LogP contribution in [0.25, 0.3) is 0 Å². The van der Waals surface area contributed by atoms with Crippen LogP contribution >= 0.6 is 0 Å². The number of rotatable bonds is 5. The summed E-state index contributed by atoms with van der Waals surface area (Å²) in [5.74, 6) is 0.729. The highest BCUT2D eigenvalue weighted by Gasteiger charge is 2.23. The van der Waals surface area contributed by atoms with Crippen LogP contribution in [0.4, 0.5) is 0 Å². The monoisotopic (exact) mass is 223 g/mol. The van der Waals surface area contributed by atoms with Gasteiger partial charge in [0.15, 0.2) is 0 Å². The smallest absolute Gasteiger partial charge is 0.0540 e. The quantitative estimate of drug-likeness (QED) is 0.831. The van der Waals surface area contributed by atoms with Gasteiger partial charge in [-0.2, -0.15) is 5.10 Å². The minimum absolute atomic E-state index is 0.0113. The topological polar surface area (TPSA) is 29.9 Å². The molecule has 1 rings (SSSR count). The molecule has 3 nitrogen and oxygen atoms in total. The third kappa shape index (κ3) is 3.63. The Hall–Kier alpha value is -0.830. The molecule has 0 saturated heterocycles. The number of hydrogen-bond donors (Lipinski definition) is 1. The molecule has 0 aliphatic heterocycles. The highest BCUT2D eigenvalue weighted by atomic mass is 15.2. The van der Waals surface area contributed by atoms with E-state index in [0.717, 1.165) is 5.92 Å². The molecule has 92 valence electrons. The molecule has 1 atom stereocenters. The Labute approximate surface area is 99.2 Å². The van der Waals surface area contributed by atoms with Crippen LogP contribution in [-0.4, -0.2) is 15.8 Å². The summed E-state index contributed by atoms with van der Waals surface area (Å²) in [6, 6.07) is 0.523. The van der Waals surface area contributed by atoms with Crippen molar-refractivity contribution in [3.63, 3.8) is 0 Å². The largest absolute Gasteiger partial charge is 0.305 e. The molecule has 3 heteroatoms. The number of aryl methyl sites for hydroxylation is 1. The first-order valence-corrected chi connectivity index (χ1v) is 6.08. The lowest BCUT2D eigenvalue weighted by Crippen LogP contribution is -2.42. The van der Waals surface area contributed by atoms with Crippen LogP contribution in [0.3, 0.4) is 0 Å². The zero-order valence-corrected chi connectivity index (χ0v) is 11.4. The van der Waals surface area contributed by atoms with Crippen molar-refractivity contribution in [2.45, 2.75) is 52.6 Å². The number of hydrogen-bond acceptors (Lipinski definition) is 2. The maximum atomic E-state index is 4.23. The van der Waals surface area contributed by atoms with Crippen molar-refractivity contribution < 1.29 is 0 Å². The molecule has 1 unspecified atom stereocenters. The summed E-state index contributed by atoms with van der Waals surface area (Å²) >= 11 is 0. The Morgan fingerprint density at radius 3 is 2.44 bits per heavy atom. The van der Waals surface area contributed by atoms with Crippen molar-refractivity contribution in [3.05, 3.63) is 18.0 Å². The molecule has 1 heterocycles. The van der Waals surface area contributed by atoms with Crippen molar-refractivity contribution in [2.75, 3.05) is 0 Å². The Balaban J connectivity index is 2.64. The van der Waals surface area contributed by atoms with Crippen LogP contribution < -0.4 is 5.32 Å². The maximum Gasteiger partial charge on any atom is 0.0540 e. The fourth-order valence-corrected chi connectivity index (χ4v) is 2.21. The van der Waals surface area contributed by atoms with Gasteiger partial charge < -0.3 is 5.32 Å². The maximum absolute atomic E-state index is 4.23. The predicted octanol–water partition coefficient (Wildman–Crippen LogP) is 2.68. The van der Waals surface area contributed by atoms with E-state index < -0.39 is 0 Å². The third-order valence-electron chi connectivity index (χ3n) is 2.86. The second-order valence-corrected chi connectivity index (χ2v) is 5.70. The normalized spacial score (nSPS) is 14.4. The van der Waals surface area contributed by atoms with E-state index in [0.29, 0.717) is 6.04 Å². The molecule has 0 aliphatic carbocycles. The average Bonchev–Trinajstić information content (AvgIpc) is 2.49. The van der Waals surface area contributed by atoms with Crippen molar-refractivity contribution in [3.8, 4) is 0 Å². The van der Waals surface area contributed by atoms with Crippen LogP contribution in [0.2, 0.25) is 0 Å². The zero-order chi connectivity index (χ0) is 12.3. The van der Waals surface area contributed by atoms with Gasteiger partial charge in [-0.25, -0.2) is 0 Å². The summed E-state index contributed by atoms with van der Waals surface area (Å²) < 4.78 is 1.85. The molecule has 0 amide bonds.